The monoisotopic (exact) mass is 386 g/mol. The van der Waals surface area contributed by atoms with Crippen LogP contribution in [0.3, 0.4) is 0 Å². The van der Waals surface area contributed by atoms with Gasteiger partial charge in [0.15, 0.2) is 0 Å². The zero-order valence-electron chi connectivity index (χ0n) is 16.7. The molecular weight excluding hydrogens is 356 g/mol. The third-order valence-electron chi connectivity index (χ3n) is 6.66. The largest absolute Gasteiger partial charge is 0.464 e. The first kappa shape index (κ1) is 19.2. The van der Waals surface area contributed by atoms with Crippen LogP contribution in [0.5, 0.6) is 0 Å². The van der Waals surface area contributed by atoms with Gasteiger partial charge >= 0.3 is 0 Å². The molecule has 0 aromatic carbocycles. The molecule has 4 rings (SSSR count). The van der Waals surface area contributed by atoms with E-state index in [1.807, 2.05) is 24.0 Å². The lowest BCUT2D eigenvalue weighted by atomic mass is 9.81. The van der Waals surface area contributed by atoms with Gasteiger partial charge in [-0.25, -0.2) is 0 Å². The molecule has 2 saturated heterocycles. The lowest BCUT2D eigenvalue weighted by Crippen LogP contribution is -2.44. The van der Waals surface area contributed by atoms with Crippen molar-refractivity contribution in [1.82, 2.24) is 9.80 Å². The number of carbonyl (C=O) groups excluding carboxylic acids is 3. The van der Waals surface area contributed by atoms with E-state index in [1.54, 1.807) is 0 Å². The Morgan fingerprint density at radius 1 is 1.00 bits per heavy atom. The van der Waals surface area contributed by atoms with Crippen LogP contribution in [0.1, 0.15) is 75.9 Å². The number of fused-ring (bicyclic) bond motifs is 1. The molecule has 3 heterocycles. The van der Waals surface area contributed by atoms with Crippen molar-refractivity contribution in [2.75, 3.05) is 13.1 Å². The summed E-state index contributed by atoms with van der Waals surface area (Å²) >= 11 is 0. The molecule has 1 aromatic rings. The molecule has 0 radical (unpaired) electrons. The Morgan fingerprint density at radius 2 is 1.68 bits per heavy atom. The number of hydrogen-bond donors (Lipinski definition) is 0. The molecule has 28 heavy (non-hydrogen) atoms. The fourth-order valence-corrected chi connectivity index (χ4v) is 5.08. The van der Waals surface area contributed by atoms with Crippen LogP contribution in [-0.4, -0.2) is 40.6 Å². The van der Waals surface area contributed by atoms with Gasteiger partial charge in [-0.1, -0.05) is 32.6 Å². The van der Waals surface area contributed by atoms with E-state index in [1.165, 1.54) is 4.90 Å². The van der Waals surface area contributed by atoms with Crippen molar-refractivity contribution in [3.05, 3.63) is 23.7 Å². The van der Waals surface area contributed by atoms with E-state index in [-0.39, 0.29) is 42.1 Å². The minimum Gasteiger partial charge on any atom is -0.464 e. The van der Waals surface area contributed by atoms with E-state index >= 15 is 0 Å². The van der Waals surface area contributed by atoms with Crippen molar-refractivity contribution in [2.24, 2.45) is 11.8 Å². The molecule has 1 aliphatic carbocycles. The van der Waals surface area contributed by atoms with E-state index < -0.39 is 0 Å². The zero-order valence-corrected chi connectivity index (χ0v) is 16.7. The molecule has 2 aliphatic heterocycles. The number of furan rings is 1. The molecule has 6 nitrogen and oxygen atoms in total. The molecule has 1 aromatic heterocycles. The number of likely N-dealkylation sites (tertiary alicyclic amines) is 2. The number of rotatable bonds is 4. The van der Waals surface area contributed by atoms with Gasteiger partial charge in [0.25, 0.3) is 0 Å². The summed E-state index contributed by atoms with van der Waals surface area (Å²) in [5, 5.41) is 0. The van der Waals surface area contributed by atoms with Gasteiger partial charge in [0.2, 0.25) is 17.7 Å². The number of nitrogens with zero attached hydrogens (tertiary/aromatic N) is 2. The van der Waals surface area contributed by atoms with Crippen LogP contribution in [0.2, 0.25) is 0 Å². The van der Waals surface area contributed by atoms with Crippen molar-refractivity contribution in [3.63, 3.8) is 0 Å². The molecule has 3 aliphatic rings. The van der Waals surface area contributed by atoms with E-state index in [9.17, 15) is 14.4 Å². The lowest BCUT2D eigenvalue weighted by Gasteiger charge is -2.30. The summed E-state index contributed by atoms with van der Waals surface area (Å²) in [5.74, 6) is 0.917. The zero-order chi connectivity index (χ0) is 19.7. The molecule has 152 valence electrons. The van der Waals surface area contributed by atoms with E-state index in [4.69, 9.17) is 4.42 Å². The maximum Gasteiger partial charge on any atom is 0.243 e. The van der Waals surface area contributed by atoms with Crippen LogP contribution in [0.25, 0.3) is 0 Å². The van der Waals surface area contributed by atoms with Crippen molar-refractivity contribution < 1.29 is 18.8 Å². The highest BCUT2D eigenvalue weighted by atomic mass is 16.3. The first-order valence-corrected chi connectivity index (χ1v) is 10.8. The molecule has 3 atom stereocenters. The topological polar surface area (TPSA) is 70.8 Å². The smallest absolute Gasteiger partial charge is 0.243 e. The third-order valence-corrected chi connectivity index (χ3v) is 6.66. The standard InChI is InChI=1S/C22H30N2O4/c1-2-15-11-12-19(28-15)18-10-4-3-7-13-23(18)20(25)14-24-21(26)16-8-5-6-9-17(16)22(24)27/h11-12,16-18H,2-10,13-14H2,1H3/t16-,17-,18+/m1/s1. The van der Waals surface area contributed by atoms with Crippen LogP contribution < -0.4 is 0 Å². The SMILES string of the molecule is CCc1ccc([C@@H]2CCCCCN2C(=O)CN2C(=O)[C@@H]3CCCC[C@H]3C2=O)o1. The van der Waals surface area contributed by atoms with Gasteiger partial charge < -0.3 is 9.32 Å². The fraction of sp³-hybridized carbons (Fsp3) is 0.682. The Balaban J connectivity index is 1.51. The predicted octanol–water partition coefficient (Wildman–Crippen LogP) is 3.46. The van der Waals surface area contributed by atoms with Gasteiger partial charge in [0, 0.05) is 13.0 Å². The molecule has 1 saturated carbocycles. The molecule has 3 fully saturated rings. The molecular formula is C22H30N2O4. The Bertz CT molecular complexity index is 731. The van der Waals surface area contributed by atoms with Crippen LogP contribution >= 0.6 is 0 Å². The molecule has 0 spiro atoms. The van der Waals surface area contributed by atoms with Gasteiger partial charge in [0.05, 0.1) is 17.9 Å². The average molecular weight is 386 g/mol. The minimum atomic E-state index is -0.203. The first-order valence-electron chi connectivity index (χ1n) is 10.8. The molecule has 6 heteroatoms. The summed E-state index contributed by atoms with van der Waals surface area (Å²) < 4.78 is 5.96. The summed E-state index contributed by atoms with van der Waals surface area (Å²) in [7, 11) is 0. The number of imide groups is 1. The van der Waals surface area contributed by atoms with Crippen molar-refractivity contribution in [3.8, 4) is 0 Å². The minimum absolute atomic E-state index is 0.106. The summed E-state index contributed by atoms with van der Waals surface area (Å²) in [6.07, 6.45) is 8.28. The van der Waals surface area contributed by atoms with Crippen LogP contribution in [0.15, 0.2) is 16.5 Å². The summed E-state index contributed by atoms with van der Waals surface area (Å²) in [4.78, 5) is 41.8. The summed E-state index contributed by atoms with van der Waals surface area (Å²) in [6.45, 7) is 2.57. The second-order valence-electron chi connectivity index (χ2n) is 8.37. The number of amides is 3. The highest BCUT2D eigenvalue weighted by Gasteiger charge is 2.49. The highest BCUT2D eigenvalue weighted by Crippen LogP contribution is 2.38. The molecule has 0 unspecified atom stereocenters. The first-order chi connectivity index (χ1) is 13.6. The van der Waals surface area contributed by atoms with Crippen molar-refractivity contribution in [2.45, 2.75) is 70.8 Å². The average Bonchev–Trinajstić information content (AvgIpc) is 3.17. The molecule has 3 amide bonds. The Kier molecular flexibility index (Phi) is 5.56. The van der Waals surface area contributed by atoms with Crippen LogP contribution in [0.4, 0.5) is 0 Å². The second-order valence-corrected chi connectivity index (χ2v) is 8.37. The summed E-state index contributed by atoms with van der Waals surface area (Å²) in [6, 6.07) is 3.84. The van der Waals surface area contributed by atoms with Crippen molar-refractivity contribution >= 4 is 17.7 Å². The maximum absolute atomic E-state index is 13.2. The van der Waals surface area contributed by atoms with Gasteiger partial charge in [-0.05, 0) is 37.8 Å². The molecule has 0 N–H and O–H groups in total. The quantitative estimate of drug-likeness (QED) is 0.743. The number of aryl methyl sites for hydroxylation is 1. The van der Waals surface area contributed by atoms with Gasteiger partial charge in [-0.15, -0.1) is 0 Å². The Morgan fingerprint density at radius 3 is 2.32 bits per heavy atom. The highest BCUT2D eigenvalue weighted by molar-refractivity contribution is 6.07. The normalized spacial score (nSPS) is 28.4. The molecule has 0 bridgehead atoms. The fourth-order valence-electron chi connectivity index (χ4n) is 5.08. The second kappa shape index (κ2) is 8.10. The van der Waals surface area contributed by atoms with Crippen LogP contribution in [-0.2, 0) is 20.8 Å². The Hall–Kier alpha value is -2.11. The van der Waals surface area contributed by atoms with Crippen LogP contribution in [0, 0.1) is 11.8 Å². The lowest BCUT2D eigenvalue weighted by molar-refractivity contribution is -0.147. The predicted molar refractivity (Wildman–Crippen MR) is 103 cm³/mol. The van der Waals surface area contributed by atoms with Gasteiger partial charge in [0.1, 0.15) is 18.1 Å². The van der Waals surface area contributed by atoms with Crippen molar-refractivity contribution in [1.29, 1.82) is 0 Å². The van der Waals surface area contributed by atoms with E-state index in [2.05, 4.69) is 0 Å². The maximum atomic E-state index is 13.2. The number of hydrogen-bond acceptors (Lipinski definition) is 4. The summed E-state index contributed by atoms with van der Waals surface area (Å²) in [5.41, 5.74) is 0. The van der Waals surface area contributed by atoms with E-state index in [0.29, 0.717) is 6.54 Å². The van der Waals surface area contributed by atoms with Gasteiger partial charge in [-0.3, -0.25) is 19.3 Å². The van der Waals surface area contributed by atoms with Gasteiger partial charge in [-0.2, -0.15) is 0 Å². The third kappa shape index (κ3) is 3.49. The Labute approximate surface area is 166 Å². The number of carbonyl (C=O) groups is 3. The van der Waals surface area contributed by atoms with E-state index in [0.717, 1.165) is 69.3 Å².